The molecule has 0 amide bonds. The van der Waals surface area contributed by atoms with Gasteiger partial charge in [0.15, 0.2) is 0 Å². The van der Waals surface area contributed by atoms with E-state index in [4.69, 9.17) is 14.2 Å². The predicted octanol–water partition coefficient (Wildman–Crippen LogP) is 15.9. The minimum atomic E-state index is 0.197. The van der Waals surface area contributed by atoms with Crippen LogP contribution in [0.2, 0.25) is 0 Å². The van der Waals surface area contributed by atoms with E-state index in [1.807, 2.05) is 0 Å². The normalized spacial score (nSPS) is 12.2. The molecule has 0 aromatic heterocycles. The van der Waals surface area contributed by atoms with Crippen LogP contribution in [0.4, 0.5) is 0 Å². The lowest BCUT2D eigenvalue weighted by molar-refractivity contribution is -0.0269. The highest BCUT2D eigenvalue weighted by Crippen LogP contribution is 2.16. The third-order valence-electron chi connectivity index (χ3n) is 10.7. The zero-order chi connectivity index (χ0) is 36.4. The molecule has 300 valence electrons. The summed E-state index contributed by atoms with van der Waals surface area (Å²) >= 11 is 0. The number of rotatable bonds is 43. The second-order valence-electron chi connectivity index (χ2n) is 15.9. The van der Waals surface area contributed by atoms with Gasteiger partial charge in [0.05, 0.1) is 19.3 Å². The van der Waals surface area contributed by atoms with Crippen LogP contribution in [0.15, 0.2) is 30.3 Å². The van der Waals surface area contributed by atoms with Gasteiger partial charge in [0, 0.05) is 19.8 Å². The molecule has 0 heterocycles. The smallest absolute Gasteiger partial charge is 0.0809 e. The summed E-state index contributed by atoms with van der Waals surface area (Å²) in [6.45, 7) is 8.57. The Morgan fingerprint density at radius 2 is 0.725 bits per heavy atom. The molecule has 0 fully saturated rings. The highest BCUT2D eigenvalue weighted by atomic mass is 16.5. The lowest BCUT2D eigenvalue weighted by Crippen LogP contribution is -2.21. The van der Waals surface area contributed by atoms with Crippen molar-refractivity contribution < 1.29 is 14.2 Å². The van der Waals surface area contributed by atoms with E-state index in [0.29, 0.717) is 6.61 Å². The van der Waals surface area contributed by atoms with Crippen molar-refractivity contribution in [1.29, 1.82) is 0 Å². The quantitative estimate of drug-likeness (QED) is 0.0630. The van der Waals surface area contributed by atoms with Crippen molar-refractivity contribution in [1.82, 2.24) is 0 Å². The van der Waals surface area contributed by atoms with Gasteiger partial charge in [-0.15, -0.1) is 0 Å². The molecule has 0 aliphatic rings. The van der Waals surface area contributed by atoms with Crippen LogP contribution >= 0.6 is 0 Å². The van der Waals surface area contributed by atoms with E-state index in [2.05, 4.69) is 44.2 Å². The topological polar surface area (TPSA) is 27.7 Å². The monoisotopic (exact) mass is 715 g/mol. The Morgan fingerprint density at radius 3 is 1.14 bits per heavy atom. The molecular weight excluding hydrogens is 625 g/mol. The Labute approximate surface area is 320 Å². The van der Waals surface area contributed by atoms with Gasteiger partial charge in [0.1, 0.15) is 0 Å². The zero-order valence-corrected chi connectivity index (χ0v) is 34.8. The van der Waals surface area contributed by atoms with Gasteiger partial charge in [-0.25, -0.2) is 0 Å². The Morgan fingerprint density at radius 1 is 0.373 bits per heavy atom. The first-order valence-corrected chi connectivity index (χ1v) is 23.2. The van der Waals surface area contributed by atoms with Crippen LogP contribution < -0.4 is 0 Å². The van der Waals surface area contributed by atoms with Crippen molar-refractivity contribution in [2.45, 2.75) is 245 Å². The zero-order valence-electron chi connectivity index (χ0n) is 34.8. The maximum Gasteiger partial charge on any atom is 0.0809 e. The second kappa shape index (κ2) is 41.9. The number of unbranched alkanes of at least 4 members (excludes halogenated alkanes) is 30. The molecule has 3 nitrogen and oxygen atoms in total. The first kappa shape index (κ1) is 48.1. The van der Waals surface area contributed by atoms with E-state index in [0.717, 1.165) is 39.3 Å². The molecule has 0 saturated carbocycles. The van der Waals surface area contributed by atoms with Crippen molar-refractivity contribution in [3.05, 3.63) is 35.9 Å². The summed E-state index contributed by atoms with van der Waals surface area (Å²) in [7, 11) is 0. The Balaban J connectivity index is 2.03. The molecule has 0 bridgehead atoms. The van der Waals surface area contributed by atoms with Crippen molar-refractivity contribution >= 4 is 0 Å². The van der Waals surface area contributed by atoms with Gasteiger partial charge in [-0.05, 0) is 31.2 Å². The molecule has 1 atom stereocenters. The van der Waals surface area contributed by atoms with E-state index in [1.165, 1.54) is 211 Å². The highest BCUT2D eigenvalue weighted by Gasteiger charge is 2.10. The van der Waals surface area contributed by atoms with Crippen molar-refractivity contribution in [2.24, 2.45) is 0 Å². The maximum absolute atomic E-state index is 6.38. The van der Waals surface area contributed by atoms with Crippen LogP contribution in [-0.4, -0.2) is 32.5 Å². The summed E-state index contributed by atoms with van der Waals surface area (Å²) in [6.07, 6.45) is 47.2. The minimum absolute atomic E-state index is 0.197. The molecule has 0 saturated heterocycles. The van der Waals surface area contributed by atoms with E-state index < -0.39 is 0 Å². The fourth-order valence-corrected chi connectivity index (χ4v) is 7.26. The molecule has 0 N–H and O–H groups in total. The lowest BCUT2D eigenvalue weighted by atomic mass is 10.0. The summed E-state index contributed by atoms with van der Waals surface area (Å²) in [6, 6.07) is 10.5. The summed E-state index contributed by atoms with van der Waals surface area (Å²) in [4.78, 5) is 0. The number of benzene rings is 1. The van der Waals surface area contributed by atoms with Gasteiger partial charge in [0.2, 0.25) is 0 Å². The SMILES string of the molecule is CCCCCCCCCCCCCCCCCCOCC(CCCOCc1ccccc1)OCCCCCCCCCCCCCCCCCC. The number of ether oxygens (including phenoxy) is 3. The Hall–Kier alpha value is -0.900. The molecule has 51 heavy (non-hydrogen) atoms. The fraction of sp³-hybridized carbons (Fsp3) is 0.875. The number of hydrogen-bond acceptors (Lipinski definition) is 3. The van der Waals surface area contributed by atoms with Crippen LogP contribution in [0.3, 0.4) is 0 Å². The fourth-order valence-electron chi connectivity index (χ4n) is 7.26. The Kier molecular flexibility index (Phi) is 39.5. The van der Waals surface area contributed by atoms with Crippen LogP contribution in [0.1, 0.15) is 238 Å². The molecule has 1 unspecified atom stereocenters. The van der Waals surface area contributed by atoms with Gasteiger partial charge in [-0.3, -0.25) is 0 Å². The predicted molar refractivity (Wildman–Crippen MR) is 225 cm³/mol. The second-order valence-corrected chi connectivity index (χ2v) is 15.9. The van der Waals surface area contributed by atoms with Crippen LogP contribution in [-0.2, 0) is 20.8 Å². The van der Waals surface area contributed by atoms with Crippen LogP contribution in [0.25, 0.3) is 0 Å². The Bertz CT molecular complexity index is 752. The minimum Gasteiger partial charge on any atom is -0.379 e. The average molecular weight is 715 g/mol. The lowest BCUT2D eigenvalue weighted by Gasteiger charge is -2.18. The van der Waals surface area contributed by atoms with E-state index in [9.17, 15) is 0 Å². The van der Waals surface area contributed by atoms with Crippen molar-refractivity contribution in [3.63, 3.8) is 0 Å². The van der Waals surface area contributed by atoms with Gasteiger partial charge in [-0.2, -0.15) is 0 Å². The summed E-state index contributed by atoms with van der Waals surface area (Å²) in [5, 5.41) is 0. The van der Waals surface area contributed by atoms with Gasteiger partial charge in [0.25, 0.3) is 0 Å². The van der Waals surface area contributed by atoms with Gasteiger partial charge >= 0.3 is 0 Å². The molecule has 1 rings (SSSR count). The van der Waals surface area contributed by atoms with E-state index in [1.54, 1.807) is 0 Å². The van der Waals surface area contributed by atoms with Crippen molar-refractivity contribution in [3.8, 4) is 0 Å². The summed E-state index contributed by atoms with van der Waals surface area (Å²) in [5.74, 6) is 0. The molecule has 0 aliphatic heterocycles. The first-order valence-electron chi connectivity index (χ1n) is 23.2. The van der Waals surface area contributed by atoms with E-state index >= 15 is 0 Å². The van der Waals surface area contributed by atoms with Gasteiger partial charge < -0.3 is 14.2 Å². The third-order valence-corrected chi connectivity index (χ3v) is 10.7. The molecular formula is C48H90O3. The van der Waals surface area contributed by atoms with Crippen LogP contribution in [0.5, 0.6) is 0 Å². The summed E-state index contributed by atoms with van der Waals surface area (Å²) < 4.78 is 18.5. The van der Waals surface area contributed by atoms with Gasteiger partial charge in [-0.1, -0.05) is 237 Å². The first-order chi connectivity index (χ1) is 25.4. The molecule has 1 aromatic rings. The molecule has 3 heteroatoms. The molecule has 1 aromatic carbocycles. The highest BCUT2D eigenvalue weighted by molar-refractivity contribution is 5.13. The van der Waals surface area contributed by atoms with Crippen molar-refractivity contribution in [2.75, 3.05) is 26.4 Å². The molecule has 0 aliphatic carbocycles. The summed E-state index contributed by atoms with van der Waals surface area (Å²) in [5.41, 5.74) is 1.25. The largest absolute Gasteiger partial charge is 0.379 e. The molecule has 0 spiro atoms. The average Bonchev–Trinajstić information content (AvgIpc) is 3.15. The standard InChI is InChI=1S/C48H90O3/c1-3-5-7-9-11-13-15-17-19-21-23-25-27-29-31-36-42-50-46-48(41-38-43-49-45-47-39-34-33-35-40-47)51-44-37-32-30-28-26-24-22-20-18-16-14-12-10-8-6-4-2/h33-35,39-40,48H,3-32,36-38,41-46H2,1-2H3. The third kappa shape index (κ3) is 37.2. The van der Waals surface area contributed by atoms with Crippen LogP contribution in [0, 0.1) is 0 Å². The number of hydrogen-bond donors (Lipinski definition) is 0. The maximum atomic E-state index is 6.38. The molecule has 0 radical (unpaired) electrons. The van der Waals surface area contributed by atoms with E-state index in [-0.39, 0.29) is 6.10 Å².